The Bertz CT molecular complexity index is 1260. The van der Waals surface area contributed by atoms with Crippen LogP contribution in [-0.4, -0.2) is 8.97 Å². The van der Waals surface area contributed by atoms with Gasteiger partial charge in [0, 0.05) is 11.8 Å². The zero-order chi connectivity index (χ0) is 16.4. The Kier molecular flexibility index (Phi) is 2.40. The third kappa shape index (κ3) is 1.62. The summed E-state index contributed by atoms with van der Waals surface area (Å²) in [5, 5.41) is 0. The minimum atomic E-state index is 0.929. The van der Waals surface area contributed by atoms with Crippen LogP contribution in [0.2, 0.25) is 0 Å². The summed E-state index contributed by atoms with van der Waals surface area (Å²) in [6, 6.07) is 25.8. The van der Waals surface area contributed by atoms with Gasteiger partial charge in [-0.05, 0) is 30.3 Å². The Labute approximate surface area is 145 Å². The van der Waals surface area contributed by atoms with Gasteiger partial charge in [-0.3, -0.25) is 0 Å². The molecule has 0 saturated heterocycles. The van der Waals surface area contributed by atoms with Crippen molar-refractivity contribution in [2.24, 2.45) is 0 Å². The first kappa shape index (κ1) is 13.0. The van der Waals surface area contributed by atoms with E-state index in [-0.39, 0.29) is 0 Å². The highest BCUT2D eigenvalue weighted by molar-refractivity contribution is 5.94. The molecule has 1 aliphatic heterocycles. The number of rotatable bonds is 1. The molecule has 0 atom stereocenters. The first-order valence-corrected chi connectivity index (χ1v) is 8.59. The fraction of sp³-hybridized carbons (Fsp3) is 0.0455. The van der Waals surface area contributed by atoms with Crippen LogP contribution in [-0.2, 0) is 6.54 Å². The number of fused-ring (bicyclic) bond motifs is 7. The lowest BCUT2D eigenvalue weighted by Gasteiger charge is -2.02. The van der Waals surface area contributed by atoms with Gasteiger partial charge < -0.3 is 4.40 Å². The van der Waals surface area contributed by atoms with E-state index in [9.17, 15) is 0 Å². The van der Waals surface area contributed by atoms with Gasteiger partial charge in [0.25, 0.3) is 5.82 Å². The fourth-order valence-electron chi connectivity index (χ4n) is 4.16. The molecule has 3 nitrogen and oxygen atoms in total. The molecule has 0 bridgehead atoms. The van der Waals surface area contributed by atoms with Crippen LogP contribution in [0.15, 0.2) is 85.2 Å². The van der Waals surface area contributed by atoms with Crippen molar-refractivity contribution in [1.29, 1.82) is 0 Å². The van der Waals surface area contributed by atoms with Crippen LogP contribution in [0.3, 0.4) is 0 Å². The molecule has 3 aromatic heterocycles. The van der Waals surface area contributed by atoms with Gasteiger partial charge in [0.15, 0.2) is 5.52 Å². The predicted molar refractivity (Wildman–Crippen MR) is 99.0 cm³/mol. The normalized spacial score (nSPS) is 12.6. The van der Waals surface area contributed by atoms with Crippen molar-refractivity contribution in [2.75, 3.05) is 0 Å². The largest absolute Gasteiger partial charge is 0.316 e. The van der Waals surface area contributed by atoms with Gasteiger partial charge in [-0.2, -0.15) is 4.57 Å². The van der Waals surface area contributed by atoms with Gasteiger partial charge in [0.2, 0.25) is 5.52 Å². The first-order chi connectivity index (χ1) is 12.4. The average molecular weight is 322 g/mol. The lowest BCUT2D eigenvalue weighted by Crippen LogP contribution is -2.31. The summed E-state index contributed by atoms with van der Waals surface area (Å²) in [4.78, 5) is 0. The third-order valence-electron chi connectivity index (χ3n) is 5.22. The molecule has 6 rings (SSSR count). The van der Waals surface area contributed by atoms with Crippen molar-refractivity contribution in [1.82, 2.24) is 8.97 Å². The second-order valence-corrected chi connectivity index (χ2v) is 6.59. The highest BCUT2D eigenvalue weighted by Crippen LogP contribution is 2.35. The molecule has 0 fully saturated rings. The zero-order valence-corrected chi connectivity index (χ0v) is 13.6. The Morgan fingerprint density at radius 2 is 1.60 bits per heavy atom. The van der Waals surface area contributed by atoms with Crippen molar-refractivity contribution >= 4 is 16.6 Å². The van der Waals surface area contributed by atoms with Gasteiger partial charge in [-0.15, -0.1) is 0 Å². The first-order valence-electron chi connectivity index (χ1n) is 8.59. The van der Waals surface area contributed by atoms with E-state index in [2.05, 4.69) is 98.7 Å². The van der Waals surface area contributed by atoms with Crippen LogP contribution in [0, 0.1) is 0 Å². The molecule has 1 aliphatic rings. The summed E-state index contributed by atoms with van der Waals surface area (Å²) < 4.78 is 7.08. The highest BCUT2D eigenvalue weighted by atomic mass is 15.2. The number of benzene rings is 2. The van der Waals surface area contributed by atoms with Crippen LogP contribution in [0.25, 0.3) is 33.6 Å². The molecule has 5 aromatic rings. The maximum atomic E-state index is 2.44. The zero-order valence-electron chi connectivity index (χ0n) is 13.6. The number of nitrogens with zero attached hydrogens (tertiary/aromatic N) is 3. The van der Waals surface area contributed by atoms with Crippen LogP contribution in [0.1, 0.15) is 5.56 Å². The minimum Gasteiger partial charge on any atom is -0.316 e. The van der Waals surface area contributed by atoms with E-state index in [0.717, 1.165) is 6.54 Å². The maximum absolute atomic E-state index is 2.44. The van der Waals surface area contributed by atoms with Gasteiger partial charge in [0.1, 0.15) is 12.2 Å². The summed E-state index contributed by atoms with van der Waals surface area (Å²) >= 11 is 0. The molecule has 0 radical (unpaired) electrons. The molecule has 25 heavy (non-hydrogen) atoms. The minimum absolute atomic E-state index is 0.929. The average Bonchev–Trinajstić information content (AvgIpc) is 3.30. The van der Waals surface area contributed by atoms with Crippen molar-refractivity contribution in [3.63, 3.8) is 0 Å². The number of para-hydroxylation sites is 1. The monoisotopic (exact) mass is 322 g/mol. The van der Waals surface area contributed by atoms with Gasteiger partial charge in [-0.25, -0.2) is 4.57 Å². The van der Waals surface area contributed by atoms with Crippen LogP contribution >= 0.6 is 0 Å². The van der Waals surface area contributed by atoms with Gasteiger partial charge in [0.05, 0.1) is 17.3 Å². The molecule has 0 N–H and O–H groups in total. The van der Waals surface area contributed by atoms with Crippen LogP contribution in [0.5, 0.6) is 0 Å². The summed E-state index contributed by atoms with van der Waals surface area (Å²) in [7, 11) is 0. The Balaban J connectivity index is 1.84. The van der Waals surface area contributed by atoms with Crippen molar-refractivity contribution in [3.05, 3.63) is 90.8 Å². The second kappa shape index (κ2) is 4.61. The van der Waals surface area contributed by atoms with E-state index in [0.29, 0.717) is 0 Å². The lowest BCUT2D eigenvalue weighted by molar-refractivity contribution is -0.645. The maximum Gasteiger partial charge on any atom is 0.295 e. The van der Waals surface area contributed by atoms with E-state index in [1.807, 2.05) is 0 Å². The third-order valence-corrected chi connectivity index (χ3v) is 5.22. The number of pyridine rings is 1. The second-order valence-electron chi connectivity index (χ2n) is 6.59. The standard InChI is InChI=1S/C22H16N3/c1-2-9-17(10-3-1)25-21-19-12-6-7-13-23(19)15-20(21)24-14-16-8-4-5-11-18(16)22(24)25/h1-13,15H,14H2/q+1. The van der Waals surface area contributed by atoms with E-state index >= 15 is 0 Å². The molecule has 0 saturated carbocycles. The molecule has 3 heteroatoms. The molecule has 0 unspecified atom stereocenters. The molecule has 118 valence electrons. The fourth-order valence-corrected chi connectivity index (χ4v) is 4.16. The molecule has 0 aliphatic carbocycles. The van der Waals surface area contributed by atoms with Crippen LogP contribution < -0.4 is 4.57 Å². The summed E-state index contributed by atoms with van der Waals surface area (Å²) in [5.41, 5.74) is 7.71. The Morgan fingerprint density at radius 3 is 2.52 bits per heavy atom. The lowest BCUT2D eigenvalue weighted by atomic mass is 10.1. The van der Waals surface area contributed by atoms with Gasteiger partial charge in [-0.1, -0.05) is 42.5 Å². The molecular weight excluding hydrogens is 306 g/mol. The Morgan fingerprint density at radius 1 is 0.800 bits per heavy atom. The van der Waals surface area contributed by atoms with E-state index in [1.54, 1.807) is 0 Å². The number of imidazole rings is 1. The summed E-state index contributed by atoms with van der Waals surface area (Å²) in [6.07, 6.45) is 4.37. The van der Waals surface area contributed by atoms with E-state index in [4.69, 9.17) is 0 Å². The number of hydrogen-bond donors (Lipinski definition) is 0. The Hall–Kier alpha value is -3.33. The molecule has 2 aromatic carbocycles. The van der Waals surface area contributed by atoms with Gasteiger partial charge >= 0.3 is 0 Å². The highest BCUT2D eigenvalue weighted by Gasteiger charge is 2.36. The molecular formula is C22H16N3+. The molecule has 0 amide bonds. The van der Waals surface area contributed by atoms with Crippen molar-refractivity contribution in [3.8, 4) is 17.1 Å². The topological polar surface area (TPSA) is 13.2 Å². The summed E-state index contributed by atoms with van der Waals surface area (Å²) in [6.45, 7) is 0.929. The van der Waals surface area contributed by atoms with E-state index in [1.165, 1.54) is 39.2 Å². The van der Waals surface area contributed by atoms with E-state index < -0.39 is 0 Å². The number of hydrogen-bond acceptors (Lipinski definition) is 0. The SMILES string of the molecule is c1ccc(-n2c3[n+](c4cn5ccccc5c42)Cc2ccccc2-3)cc1. The smallest absolute Gasteiger partial charge is 0.295 e. The molecule has 0 spiro atoms. The quantitative estimate of drug-likeness (QED) is 0.403. The molecule has 4 heterocycles. The number of aromatic nitrogens is 3. The predicted octanol–water partition coefficient (Wildman–Crippen LogP) is 4.20. The van der Waals surface area contributed by atoms with Crippen molar-refractivity contribution < 1.29 is 4.57 Å². The summed E-state index contributed by atoms with van der Waals surface area (Å²) in [5.74, 6) is 1.28. The van der Waals surface area contributed by atoms with Crippen LogP contribution in [0.4, 0.5) is 0 Å². The van der Waals surface area contributed by atoms with Crippen molar-refractivity contribution in [2.45, 2.75) is 6.54 Å².